The Morgan fingerprint density at radius 2 is 1.67 bits per heavy atom. The fourth-order valence-electron chi connectivity index (χ4n) is 2.79. The van der Waals surface area contributed by atoms with Gasteiger partial charge < -0.3 is 37.2 Å². The highest BCUT2D eigenvalue weighted by molar-refractivity contribution is 5.94. The summed E-state index contributed by atoms with van der Waals surface area (Å²) in [6.45, 7) is 2.08. The number of nitrogens with two attached hydrogens (primary N) is 1. The Hall–Kier alpha value is -3.22. The molecule has 13 nitrogen and oxygen atoms in total. The van der Waals surface area contributed by atoms with Gasteiger partial charge in [-0.15, -0.1) is 0 Å². The van der Waals surface area contributed by atoms with E-state index >= 15 is 0 Å². The van der Waals surface area contributed by atoms with Crippen LogP contribution in [0.4, 0.5) is 0 Å². The number of hydrogen-bond acceptors (Lipinski definition) is 7. The molecule has 0 bridgehead atoms. The Morgan fingerprint density at radius 3 is 2.17 bits per heavy atom. The van der Waals surface area contributed by atoms with Gasteiger partial charge in [-0.2, -0.15) is 0 Å². The molecule has 0 aromatic carbocycles. The van der Waals surface area contributed by atoms with Gasteiger partial charge in [0.05, 0.1) is 12.5 Å². The van der Waals surface area contributed by atoms with Gasteiger partial charge in [0, 0.05) is 6.42 Å². The lowest BCUT2D eigenvalue weighted by molar-refractivity contribution is -0.144. The van der Waals surface area contributed by atoms with Crippen LogP contribution in [-0.2, 0) is 28.8 Å². The van der Waals surface area contributed by atoms with Crippen molar-refractivity contribution < 1.29 is 39.0 Å². The first kappa shape index (κ1) is 24.8. The summed E-state index contributed by atoms with van der Waals surface area (Å²) in [5, 5.41) is 27.8. The van der Waals surface area contributed by atoms with Gasteiger partial charge in [0.15, 0.2) is 0 Å². The molecule has 8 N–H and O–H groups in total. The van der Waals surface area contributed by atoms with Crippen molar-refractivity contribution in [3.63, 3.8) is 0 Å². The average Bonchev–Trinajstić information content (AvgIpc) is 3.18. The first-order chi connectivity index (χ1) is 14.0. The van der Waals surface area contributed by atoms with Gasteiger partial charge in [-0.1, -0.05) is 0 Å². The maximum absolute atomic E-state index is 12.4. The zero-order valence-electron chi connectivity index (χ0n) is 16.5. The summed E-state index contributed by atoms with van der Waals surface area (Å²) in [5.74, 6) is -5.85. The lowest BCUT2D eigenvalue weighted by Crippen LogP contribution is -2.56. The smallest absolute Gasteiger partial charge is 0.326 e. The molecule has 13 heteroatoms. The number of nitrogens with one attached hydrogen (secondary N) is 4. The minimum absolute atomic E-state index is 0.333. The standard InChI is InChI=1S/C17H27N5O8/c1-8(20-15(27)9-3-2-6-19-9)14(26)21-10(4-5-13(24)25)16(28)22-11(17(29)30)7-12(18)23/h8-11,19H,2-7H2,1H3,(H2,18,23)(H,20,27)(H,21,26)(H,22,28)(H,24,25)(H,29,30). The van der Waals surface area contributed by atoms with E-state index in [4.69, 9.17) is 15.9 Å². The van der Waals surface area contributed by atoms with E-state index in [2.05, 4.69) is 21.3 Å². The summed E-state index contributed by atoms with van der Waals surface area (Å²) in [4.78, 5) is 69.9. The summed E-state index contributed by atoms with van der Waals surface area (Å²) in [6, 6.07) is -4.48. The van der Waals surface area contributed by atoms with Crippen molar-refractivity contribution in [2.24, 2.45) is 5.73 Å². The zero-order valence-corrected chi connectivity index (χ0v) is 16.5. The van der Waals surface area contributed by atoms with Gasteiger partial charge in [-0.3, -0.25) is 24.0 Å². The zero-order chi connectivity index (χ0) is 22.8. The van der Waals surface area contributed by atoms with Crippen molar-refractivity contribution in [3.8, 4) is 0 Å². The number of carboxylic acids is 2. The molecule has 0 saturated carbocycles. The van der Waals surface area contributed by atoms with Crippen LogP contribution in [0, 0.1) is 0 Å². The van der Waals surface area contributed by atoms with E-state index in [1.165, 1.54) is 6.92 Å². The largest absolute Gasteiger partial charge is 0.481 e. The monoisotopic (exact) mass is 429 g/mol. The second-order valence-electron chi connectivity index (χ2n) is 6.94. The Morgan fingerprint density at radius 1 is 1.03 bits per heavy atom. The summed E-state index contributed by atoms with van der Waals surface area (Å²) in [6.07, 6.45) is -0.0484. The first-order valence-electron chi connectivity index (χ1n) is 9.38. The van der Waals surface area contributed by atoms with E-state index in [1.807, 2.05) is 0 Å². The lowest BCUT2D eigenvalue weighted by atomic mass is 10.1. The van der Waals surface area contributed by atoms with Gasteiger partial charge >= 0.3 is 11.9 Å². The maximum Gasteiger partial charge on any atom is 0.326 e. The molecule has 1 aliphatic heterocycles. The van der Waals surface area contributed by atoms with Crippen molar-refractivity contribution in [1.29, 1.82) is 0 Å². The molecule has 1 heterocycles. The Labute approximate surface area is 172 Å². The molecule has 1 rings (SSSR count). The van der Waals surface area contributed by atoms with Crippen LogP contribution in [0.3, 0.4) is 0 Å². The third-order valence-electron chi connectivity index (χ3n) is 4.43. The lowest BCUT2D eigenvalue weighted by Gasteiger charge is -2.23. The van der Waals surface area contributed by atoms with E-state index in [0.29, 0.717) is 13.0 Å². The van der Waals surface area contributed by atoms with E-state index in [-0.39, 0.29) is 12.3 Å². The van der Waals surface area contributed by atoms with Crippen molar-refractivity contribution >= 4 is 35.6 Å². The Kier molecular flexibility index (Phi) is 9.68. The molecule has 0 aromatic heterocycles. The van der Waals surface area contributed by atoms with Crippen LogP contribution in [0.1, 0.15) is 39.0 Å². The number of carbonyl (C=O) groups is 6. The molecule has 1 aliphatic rings. The molecule has 4 unspecified atom stereocenters. The number of hydrogen-bond donors (Lipinski definition) is 7. The van der Waals surface area contributed by atoms with Crippen molar-refractivity contribution in [2.45, 2.75) is 63.2 Å². The predicted octanol–water partition coefficient (Wildman–Crippen LogP) is -2.96. The molecule has 0 radical (unpaired) electrons. The third kappa shape index (κ3) is 8.43. The highest BCUT2D eigenvalue weighted by atomic mass is 16.4. The van der Waals surface area contributed by atoms with E-state index in [0.717, 1.165) is 6.42 Å². The van der Waals surface area contributed by atoms with Crippen LogP contribution in [0.15, 0.2) is 0 Å². The Bertz CT molecular complexity index is 692. The molecule has 4 amide bonds. The van der Waals surface area contributed by atoms with Crippen LogP contribution in [0.2, 0.25) is 0 Å². The fraction of sp³-hybridized carbons (Fsp3) is 0.647. The van der Waals surface area contributed by atoms with Gasteiger partial charge in [0.25, 0.3) is 0 Å². The van der Waals surface area contributed by atoms with Gasteiger partial charge in [-0.25, -0.2) is 4.79 Å². The van der Waals surface area contributed by atoms with Gasteiger partial charge in [0.1, 0.15) is 18.1 Å². The predicted molar refractivity (Wildman–Crippen MR) is 101 cm³/mol. The van der Waals surface area contributed by atoms with Crippen molar-refractivity contribution in [1.82, 2.24) is 21.3 Å². The molecule has 168 valence electrons. The second-order valence-corrected chi connectivity index (χ2v) is 6.94. The minimum Gasteiger partial charge on any atom is -0.481 e. The summed E-state index contributed by atoms with van der Waals surface area (Å²) < 4.78 is 0. The van der Waals surface area contributed by atoms with Crippen molar-refractivity contribution in [3.05, 3.63) is 0 Å². The minimum atomic E-state index is -1.63. The number of primary amides is 1. The van der Waals surface area contributed by atoms with Crippen LogP contribution in [-0.4, -0.2) is 76.5 Å². The van der Waals surface area contributed by atoms with Crippen LogP contribution in [0.25, 0.3) is 0 Å². The summed E-state index contributed by atoms with van der Waals surface area (Å²) in [5.41, 5.74) is 4.95. The maximum atomic E-state index is 12.4. The number of aliphatic carboxylic acids is 2. The third-order valence-corrected chi connectivity index (χ3v) is 4.43. The first-order valence-corrected chi connectivity index (χ1v) is 9.38. The highest BCUT2D eigenvalue weighted by Gasteiger charge is 2.30. The highest BCUT2D eigenvalue weighted by Crippen LogP contribution is 2.06. The number of carbonyl (C=O) groups excluding carboxylic acids is 4. The van der Waals surface area contributed by atoms with Gasteiger partial charge in [-0.05, 0) is 32.7 Å². The molecule has 0 spiro atoms. The van der Waals surface area contributed by atoms with Crippen LogP contribution >= 0.6 is 0 Å². The summed E-state index contributed by atoms with van der Waals surface area (Å²) >= 11 is 0. The van der Waals surface area contributed by atoms with Crippen molar-refractivity contribution in [2.75, 3.05) is 6.54 Å². The normalized spacial score (nSPS) is 18.5. The molecule has 1 fully saturated rings. The van der Waals surface area contributed by atoms with E-state index in [1.54, 1.807) is 0 Å². The van der Waals surface area contributed by atoms with E-state index < -0.39 is 66.7 Å². The number of amides is 4. The molecular weight excluding hydrogens is 402 g/mol. The molecule has 4 atom stereocenters. The topological polar surface area (TPSA) is 217 Å². The molecule has 0 aliphatic carbocycles. The molecule has 0 aromatic rings. The number of rotatable bonds is 12. The number of carboxylic acid groups (broad SMARTS) is 2. The quantitative estimate of drug-likeness (QED) is 0.168. The molecular formula is C17H27N5O8. The average molecular weight is 429 g/mol. The summed E-state index contributed by atoms with van der Waals surface area (Å²) in [7, 11) is 0. The fourth-order valence-corrected chi connectivity index (χ4v) is 2.79. The second kappa shape index (κ2) is 11.7. The Balaban J connectivity index is 2.77. The molecule has 30 heavy (non-hydrogen) atoms. The van der Waals surface area contributed by atoms with E-state index in [9.17, 15) is 28.8 Å². The van der Waals surface area contributed by atoms with Crippen LogP contribution in [0.5, 0.6) is 0 Å². The SMILES string of the molecule is CC(NC(=O)C1CCCN1)C(=O)NC(CCC(=O)O)C(=O)NC(CC(N)=O)C(=O)O. The van der Waals surface area contributed by atoms with Gasteiger partial charge in [0.2, 0.25) is 23.6 Å². The molecule has 1 saturated heterocycles. The van der Waals surface area contributed by atoms with Crippen LogP contribution < -0.4 is 27.0 Å².